The summed E-state index contributed by atoms with van der Waals surface area (Å²) in [6.45, 7) is 4.40. The van der Waals surface area contributed by atoms with E-state index in [2.05, 4.69) is 10.2 Å². The zero-order chi connectivity index (χ0) is 20.1. The van der Waals surface area contributed by atoms with Gasteiger partial charge < -0.3 is 14.6 Å². The lowest BCUT2D eigenvalue weighted by atomic mass is 9.79. The fourth-order valence-electron chi connectivity index (χ4n) is 5.48. The number of nitrogens with one attached hydrogen (secondary N) is 1. The Balaban J connectivity index is 1.29. The minimum atomic E-state index is -0.0693. The molecular weight excluding hydrogens is 366 g/mol. The molecule has 0 spiro atoms. The molecule has 0 radical (unpaired) electrons. The maximum absolute atomic E-state index is 12.9. The Bertz CT molecular complexity index is 668. The fourth-order valence-corrected chi connectivity index (χ4v) is 5.48. The molecule has 29 heavy (non-hydrogen) atoms. The van der Waals surface area contributed by atoms with Crippen molar-refractivity contribution < 1.29 is 14.0 Å². The third-order valence-corrected chi connectivity index (χ3v) is 7.29. The van der Waals surface area contributed by atoms with Gasteiger partial charge in [-0.1, -0.05) is 25.7 Å². The van der Waals surface area contributed by atoms with Gasteiger partial charge >= 0.3 is 0 Å². The molecule has 0 aromatic carbocycles. The van der Waals surface area contributed by atoms with Crippen LogP contribution in [0.4, 0.5) is 0 Å². The number of furan rings is 1. The van der Waals surface area contributed by atoms with Crippen LogP contribution in [0.15, 0.2) is 22.8 Å². The summed E-state index contributed by atoms with van der Waals surface area (Å²) in [6, 6.07) is 3.43. The van der Waals surface area contributed by atoms with Gasteiger partial charge in [0.1, 0.15) is 0 Å². The molecule has 4 rings (SSSR count). The third kappa shape index (κ3) is 4.68. The molecule has 3 aliphatic rings. The Hall–Kier alpha value is -1.82. The Kier molecular flexibility index (Phi) is 6.58. The van der Waals surface area contributed by atoms with Crippen LogP contribution in [0.25, 0.3) is 0 Å². The van der Waals surface area contributed by atoms with Crippen LogP contribution in [-0.4, -0.2) is 59.9 Å². The van der Waals surface area contributed by atoms with Gasteiger partial charge in [-0.25, -0.2) is 0 Å². The Morgan fingerprint density at radius 2 is 1.69 bits per heavy atom. The van der Waals surface area contributed by atoms with Crippen LogP contribution in [0.1, 0.15) is 74.8 Å². The summed E-state index contributed by atoms with van der Waals surface area (Å²) in [5, 5.41) is 3.33. The first kappa shape index (κ1) is 20.5. The predicted octanol–water partition coefficient (Wildman–Crippen LogP) is 3.44. The van der Waals surface area contributed by atoms with E-state index in [1.54, 1.807) is 17.0 Å². The summed E-state index contributed by atoms with van der Waals surface area (Å²) in [7, 11) is 0. The highest BCUT2D eigenvalue weighted by molar-refractivity contribution is 5.91. The molecule has 3 fully saturated rings. The molecule has 6 nitrogen and oxygen atoms in total. The van der Waals surface area contributed by atoms with Crippen molar-refractivity contribution in [2.75, 3.05) is 32.7 Å². The first-order valence-electron chi connectivity index (χ1n) is 11.5. The molecular formula is C23H35N3O3. The second-order valence-corrected chi connectivity index (χ2v) is 9.09. The highest BCUT2D eigenvalue weighted by Crippen LogP contribution is 2.35. The highest BCUT2D eigenvalue weighted by atomic mass is 16.3. The van der Waals surface area contributed by atoms with Gasteiger partial charge in [-0.2, -0.15) is 0 Å². The monoisotopic (exact) mass is 401 g/mol. The van der Waals surface area contributed by atoms with Crippen LogP contribution in [0.5, 0.6) is 0 Å². The number of hydrogen-bond acceptors (Lipinski definition) is 4. The van der Waals surface area contributed by atoms with Gasteiger partial charge in [0.05, 0.1) is 6.26 Å². The van der Waals surface area contributed by atoms with Crippen molar-refractivity contribution in [3.63, 3.8) is 0 Å². The van der Waals surface area contributed by atoms with Gasteiger partial charge in [0.15, 0.2) is 5.76 Å². The zero-order valence-corrected chi connectivity index (χ0v) is 17.5. The number of hydrogen-bond donors (Lipinski definition) is 1. The standard InChI is InChI=1S/C23H35N3O3/c27-21(19-9-15-25(16-10-19)22(28)20-8-7-17-29-20)24-18-23(11-3-1-4-12-23)26-13-5-2-6-14-26/h7-8,17,19H,1-6,9-16,18H2,(H,24,27). The minimum absolute atomic E-state index is 0.0117. The lowest BCUT2D eigenvalue weighted by molar-refractivity contribution is -0.127. The lowest BCUT2D eigenvalue weighted by Crippen LogP contribution is -2.58. The molecule has 2 amide bonds. The van der Waals surface area contributed by atoms with Gasteiger partial charge in [-0.3, -0.25) is 14.5 Å². The van der Waals surface area contributed by atoms with Gasteiger partial charge in [-0.05, 0) is 63.7 Å². The number of carbonyl (C=O) groups is 2. The van der Waals surface area contributed by atoms with Crippen LogP contribution < -0.4 is 5.32 Å². The van der Waals surface area contributed by atoms with Gasteiger partial charge in [0.2, 0.25) is 5.91 Å². The summed E-state index contributed by atoms with van der Waals surface area (Å²) in [5.41, 5.74) is 0.171. The molecule has 0 bridgehead atoms. The number of piperidine rings is 2. The van der Waals surface area contributed by atoms with Crippen LogP contribution in [0.3, 0.4) is 0 Å². The number of nitrogens with zero attached hydrogens (tertiary/aromatic N) is 2. The van der Waals surface area contributed by atoms with E-state index in [-0.39, 0.29) is 23.3 Å². The maximum Gasteiger partial charge on any atom is 0.289 e. The number of amides is 2. The second-order valence-electron chi connectivity index (χ2n) is 9.09. The Morgan fingerprint density at radius 3 is 2.34 bits per heavy atom. The summed E-state index contributed by atoms with van der Waals surface area (Å²) < 4.78 is 5.22. The quantitative estimate of drug-likeness (QED) is 0.821. The number of carbonyl (C=O) groups excluding carboxylic acids is 2. The topological polar surface area (TPSA) is 65.8 Å². The van der Waals surface area contributed by atoms with E-state index in [9.17, 15) is 9.59 Å². The second kappa shape index (κ2) is 9.33. The van der Waals surface area contributed by atoms with Crippen LogP contribution in [0.2, 0.25) is 0 Å². The van der Waals surface area contributed by atoms with Crippen molar-refractivity contribution in [2.24, 2.45) is 5.92 Å². The smallest absolute Gasteiger partial charge is 0.289 e. The highest BCUT2D eigenvalue weighted by Gasteiger charge is 2.39. The summed E-state index contributed by atoms with van der Waals surface area (Å²) in [6.07, 6.45) is 13.2. The summed E-state index contributed by atoms with van der Waals surface area (Å²) in [4.78, 5) is 29.8. The lowest BCUT2D eigenvalue weighted by Gasteiger charge is -2.48. The summed E-state index contributed by atoms with van der Waals surface area (Å²) >= 11 is 0. The van der Waals surface area contributed by atoms with E-state index in [0.717, 1.165) is 19.4 Å². The zero-order valence-electron chi connectivity index (χ0n) is 17.5. The molecule has 0 unspecified atom stereocenters. The van der Waals surface area contributed by atoms with E-state index < -0.39 is 0 Å². The van der Waals surface area contributed by atoms with Crippen molar-refractivity contribution >= 4 is 11.8 Å². The van der Waals surface area contributed by atoms with Crippen molar-refractivity contribution in [3.05, 3.63) is 24.2 Å². The van der Waals surface area contributed by atoms with E-state index in [1.807, 2.05) is 0 Å². The fraction of sp³-hybridized carbons (Fsp3) is 0.739. The SMILES string of the molecule is O=C(NCC1(N2CCCCC2)CCCCC1)C1CCN(C(=O)c2ccco2)CC1. The van der Waals surface area contributed by atoms with Gasteiger partial charge in [0, 0.05) is 31.1 Å². The molecule has 1 N–H and O–H groups in total. The molecule has 1 saturated carbocycles. The van der Waals surface area contributed by atoms with E-state index in [1.165, 1.54) is 70.7 Å². The van der Waals surface area contributed by atoms with Crippen molar-refractivity contribution in [3.8, 4) is 0 Å². The molecule has 2 saturated heterocycles. The van der Waals surface area contributed by atoms with Crippen LogP contribution >= 0.6 is 0 Å². The number of rotatable bonds is 5. The van der Waals surface area contributed by atoms with Crippen molar-refractivity contribution in [1.29, 1.82) is 0 Å². The van der Waals surface area contributed by atoms with E-state index in [4.69, 9.17) is 4.42 Å². The van der Waals surface area contributed by atoms with Gasteiger partial charge in [0.25, 0.3) is 5.91 Å². The summed E-state index contributed by atoms with van der Waals surface area (Å²) in [5.74, 6) is 0.503. The van der Waals surface area contributed by atoms with Gasteiger partial charge in [-0.15, -0.1) is 0 Å². The molecule has 2 aliphatic heterocycles. The molecule has 0 atom stereocenters. The average molecular weight is 402 g/mol. The predicted molar refractivity (Wildman–Crippen MR) is 112 cm³/mol. The van der Waals surface area contributed by atoms with Crippen LogP contribution in [0, 0.1) is 5.92 Å². The normalized spacial score (nSPS) is 23.7. The molecule has 3 heterocycles. The average Bonchev–Trinajstić information content (AvgIpc) is 3.33. The molecule has 6 heteroatoms. The van der Waals surface area contributed by atoms with Crippen molar-refractivity contribution in [1.82, 2.24) is 15.1 Å². The number of likely N-dealkylation sites (tertiary alicyclic amines) is 2. The van der Waals surface area contributed by atoms with E-state index in [0.29, 0.717) is 18.8 Å². The Labute approximate surface area is 174 Å². The minimum Gasteiger partial charge on any atom is -0.459 e. The first-order chi connectivity index (χ1) is 14.2. The van der Waals surface area contributed by atoms with Crippen molar-refractivity contribution in [2.45, 2.75) is 69.7 Å². The van der Waals surface area contributed by atoms with Crippen LogP contribution in [-0.2, 0) is 4.79 Å². The molecule has 1 aromatic rings. The molecule has 160 valence electrons. The largest absolute Gasteiger partial charge is 0.459 e. The Morgan fingerprint density at radius 1 is 1.00 bits per heavy atom. The van der Waals surface area contributed by atoms with E-state index >= 15 is 0 Å². The molecule has 1 aliphatic carbocycles. The molecule has 1 aromatic heterocycles. The first-order valence-corrected chi connectivity index (χ1v) is 11.5. The maximum atomic E-state index is 12.9. The third-order valence-electron chi connectivity index (χ3n) is 7.29.